The van der Waals surface area contributed by atoms with E-state index in [0.717, 1.165) is 25.2 Å². The van der Waals surface area contributed by atoms with Gasteiger partial charge < -0.3 is 36.0 Å². The third-order valence-corrected chi connectivity index (χ3v) is 8.72. The summed E-state index contributed by atoms with van der Waals surface area (Å²) in [5, 5.41) is 41.4. The molecule has 0 aromatic heterocycles. The number of rotatable bonds is 15. The van der Waals surface area contributed by atoms with Gasteiger partial charge in [0.25, 0.3) is 5.91 Å². The van der Waals surface area contributed by atoms with E-state index < -0.39 is 23.9 Å². The molecule has 0 bridgehead atoms. The third-order valence-electron chi connectivity index (χ3n) is 8.72. The van der Waals surface area contributed by atoms with E-state index in [1.54, 1.807) is 12.1 Å². The van der Waals surface area contributed by atoms with Crippen molar-refractivity contribution < 1.29 is 49.2 Å². The maximum atomic E-state index is 12.1. The smallest absolute Gasteiger partial charge is 0.317 e. The van der Waals surface area contributed by atoms with E-state index in [-0.39, 0.29) is 44.2 Å². The molecule has 2 aliphatic heterocycles. The van der Waals surface area contributed by atoms with Crippen molar-refractivity contribution in [3.63, 3.8) is 0 Å². The number of nitrogens with zero attached hydrogens (tertiary/aromatic N) is 6. The fourth-order valence-electron chi connectivity index (χ4n) is 5.74. The number of carboxylic acids is 4. The van der Waals surface area contributed by atoms with E-state index in [9.17, 15) is 28.8 Å². The molecule has 2 fully saturated rings. The van der Waals surface area contributed by atoms with Gasteiger partial charge in [0.1, 0.15) is 0 Å². The Morgan fingerprint density at radius 1 is 0.564 bits per heavy atom. The molecule has 0 unspecified atom stereocenters. The average Bonchev–Trinajstić information content (AvgIpc) is 3.23. The highest BCUT2D eigenvalue weighted by Gasteiger charge is 2.21. The topological polar surface area (TPSA) is 227 Å². The first-order valence-electron chi connectivity index (χ1n) is 18.8. The molecule has 2 heterocycles. The molecule has 0 radical (unpaired) electrons. The van der Waals surface area contributed by atoms with Gasteiger partial charge in [0.05, 0.1) is 26.2 Å². The lowest BCUT2D eigenvalue weighted by Gasteiger charge is -2.25. The number of aliphatic carboxylic acids is 4. The van der Waals surface area contributed by atoms with Gasteiger partial charge in [0.2, 0.25) is 6.41 Å². The van der Waals surface area contributed by atoms with Crippen LogP contribution in [0.3, 0.4) is 0 Å². The predicted octanol–water partition coefficient (Wildman–Crippen LogP) is -0.350. The molecule has 0 saturated carbocycles. The fraction of sp³-hybridized carbons (Fsp3) is 0.676. The van der Waals surface area contributed by atoms with Crippen LogP contribution in [0.4, 0.5) is 0 Å². The molecule has 18 nitrogen and oxygen atoms in total. The number of amides is 2. The van der Waals surface area contributed by atoms with Crippen LogP contribution in [0.1, 0.15) is 50.5 Å². The first kappa shape index (κ1) is 48.8. The highest BCUT2D eigenvalue weighted by atomic mass is 16.4. The molecule has 55 heavy (non-hydrogen) atoms. The van der Waals surface area contributed by atoms with E-state index in [0.29, 0.717) is 84.0 Å². The summed E-state index contributed by atoms with van der Waals surface area (Å²) in [5.74, 6) is -3.56. The summed E-state index contributed by atoms with van der Waals surface area (Å²) in [4.78, 5) is 77.3. The van der Waals surface area contributed by atoms with Crippen LogP contribution in [0.15, 0.2) is 24.3 Å². The van der Waals surface area contributed by atoms with E-state index in [1.165, 1.54) is 0 Å². The summed E-state index contributed by atoms with van der Waals surface area (Å²) in [6.07, 6.45) is 0.699. The number of carboxylic acid groups (broad SMARTS) is 4. The Kier molecular flexibility index (Phi) is 24.3. The van der Waals surface area contributed by atoms with E-state index in [2.05, 4.69) is 27.4 Å². The van der Waals surface area contributed by atoms with Crippen LogP contribution in [0, 0.1) is 0 Å². The Hall–Kier alpha value is -4.20. The highest BCUT2D eigenvalue weighted by Crippen LogP contribution is 2.10. The molecule has 3 rings (SSSR count). The van der Waals surface area contributed by atoms with E-state index in [4.69, 9.17) is 20.4 Å². The van der Waals surface area contributed by atoms with Gasteiger partial charge in [-0.25, -0.2) is 0 Å². The molecule has 2 saturated heterocycles. The molecule has 2 amide bonds. The Bertz CT molecular complexity index is 1260. The molecular weight excluding hydrogens is 716 g/mol. The van der Waals surface area contributed by atoms with Gasteiger partial charge in [-0.05, 0) is 51.9 Å². The minimum atomic E-state index is -0.888. The van der Waals surface area contributed by atoms with Crippen molar-refractivity contribution in [2.75, 3.05) is 111 Å². The van der Waals surface area contributed by atoms with Crippen LogP contribution in [0.2, 0.25) is 0 Å². The summed E-state index contributed by atoms with van der Waals surface area (Å²) in [5.41, 5.74) is 1.65. The quantitative estimate of drug-likeness (QED) is 0.125. The summed E-state index contributed by atoms with van der Waals surface area (Å²) >= 11 is 0. The average molecular weight is 781 g/mol. The Labute approximate surface area is 325 Å². The number of nitrogens with one attached hydrogen (secondary N) is 2. The van der Waals surface area contributed by atoms with Crippen molar-refractivity contribution in [1.82, 2.24) is 40.0 Å². The Balaban J connectivity index is 0.000000514. The SMILES string of the molecule is CC(C)NC(=O)c1ccc(CN2CCN(CC(=O)O)CCN(CC(=O)O)CC2)cc1.CC(C)NC=O.CCN1CCN(CC(=O)O)CCN(CC(=O)O)CC1. The van der Waals surface area contributed by atoms with E-state index >= 15 is 0 Å². The second-order valence-corrected chi connectivity index (χ2v) is 14.2. The van der Waals surface area contributed by atoms with Crippen LogP contribution in [-0.4, -0.2) is 209 Å². The third kappa shape index (κ3) is 24.0. The van der Waals surface area contributed by atoms with Crippen molar-refractivity contribution in [3.8, 4) is 0 Å². The Morgan fingerprint density at radius 2 is 0.891 bits per heavy atom. The van der Waals surface area contributed by atoms with Gasteiger partial charge in [-0.2, -0.15) is 0 Å². The molecule has 6 N–H and O–H groups in total. The second-order valence-electron chi connectivity index (χ2n) is 14.2. The zero-order valence-electron chi connectivity index (χ0n) is 33.2. The number of carbonyl (C=O) groups is 6. The molecule has 1 aromatic carbocycles. The summed E-state index contributed by atoms with van der Waals surface area (Å²) in [7, 11) is 0. The number of benzene rings is 1. The fourth-order valence-corrected chi connectivity index (χ4v) is 5.74. The van der Waals surface area contributed by atoms with Crippen molar-refractivity contribution in [1.29, 1.82) is 0 Å². The zero-order valence-corrected chi connectivity index (χ0v) is 33.2. The standard InChI is InChI=1S/C21H32N4O5.C12H23N3O4.C4H9NO/c1-16(2)22-21(30)18-5-3-17(4-6-18)13-23-7-9-24(14-19(26)27)11-12-25(10-8-23)15-20(28)29;1-2-13-3-5-14(9-11(16)17)7-8-15(6-4-13)10-12(18)19;1-4(2)5-3-6/h3-6,16H,7-15H2,1-2H3,(H,22,30)(H,26,27)(H,28,29);2-10H2,1H3,(H,16,17)(H,18,19);3-4H,1-2H3,(H,5,6). The number of hydrogen-bond acceptors (Lipinski definition) is 12. The maximum Gasteiger partial charge on any atom is 0.317 e. The number of hydrogen-bond donors (Lipinski definition) is 6. The lowest BCUT2D eigenvalue weighted by Crippen LogP contribution is -2.40. The van der Waals surface area contributed by atoms with Gasteiger partial charge in [0, 0.05) is 103 Å². The van der Waals surface area contributed by atoms with E-state index in [1.807, 2.05) is 59.4 Å². The molecule has 1 aromatic rings. The van der Waals surface area contributed by atoms with Gasteiger partial charge in [-0.15, -0.1) is 0 Å². The lowest BCUT2D eigenvalue weighted by molar-refractivity contribution is -0.140. The molecule has 2 aliphatic rings. The lowest BCUT2D eigenvalue weighted by atomic mass is 10.1. The molecule has 18 heteroatoms. The van der Waals surface area contributed by atoms with Crippen molar-refractivity contribution >= 4 is 36.2 Å². The summed E-state index contributed by atoms with van der Waals surface area (Å²) in [6, 6.07) is 7.80. The van der Waals surface area contributed by atoms with Crippen molar-refractivity contribution in [2.24, 2.45) is 0 Å². The normalized spacial score (nSPS) is 17.4. The van der Waals surface area contributed by atoms with Gasteiger partial charge in [-0.1, -0.05) is 19.1 Å². The second kappa shape index (κ2) is 27.4. The number of carbonyl (C=O) groups excluding carboxylic acids is 2. The van der Waals surface area contributed by atoms with Crippen LogP contribution in [0.5, 0.6) is 0 Å². The first-order valence-corrected chi connectivity index (χ1v) is 18.8. The molecule has 312 valence electrons. The molecule has 0 spiro atoms. The summed E-state index contributed by atoms with van der Waals surface area (Å²) in [6.45, 7) is 19.0. The Morgan fingerprint density at radius 3 is 1.15 bits per heavy atom. The number of likely N-dealkylation sites (N-methyl/N-ethyl adjacent to an activating group) is 1. The molecular formula is C37H64N8O10. The van der Waals surface area contributed by atoms with Crippen molar-refractivity contribution in [2.45, 2.75) is 53.2 Å². The monoisotopic (exact) mass is 780 g/mol. The largest absolute Gasteiger partial charge is 0.480 e. The van der Waals surface area contributed by atoms with Crippen LogP contribution >= 0.6 is 0 Å². The first-order chi connectivity index (χ1) is 26.0. The predicted molar refractivity (Wildman–Crippen MR) is 207 cm³/mol. The minimum Gasteiger partial charge on any atom is -0.480 e. The van der Waals surface area contributed by atoms with Gasteiger partial charge in [-0.3, -0.25) is 53.3 Å². The summed E-state index contributed by atoms with van der Waals surface area (Å²) < 4.78 is 0. The highest BCUT2D eigenvalue weighted by molar-refractivity contribution is 5.94. The van der Waals surface area contributed by atoms with Gasteiger partial charge >= 0.3 is 23.9 Å². The minimum absolute atomic E-state index is 0.0124. The molecule has 0 aliphatic carbocycles. The van der Waals surface area contributed by atoms with Crippen LogP contribution < -0.4 is 10.6 Å². The molecule has 0 atom stereocenters. The van der Waals surface area contributed by atoms with Gasteiger partial charge in [0.15, 0.2) is 0 Å². The van der Waals surface area contributed by atoms with Crippen LogP contribution in [-0.2, 0) is 30.5 Å². The maximum absolute atomic E-state index is 12.1. The van der Waals surface area contributed by atoms with Crippen molar-refractivity contribution in [3.05, 3.63) is 35.4 Å². The van der Waals surface area contributed by atoms with Crippen LogP contribution in [0.25, 0.3) is 0 Å². The zero-order chi connectivity index (χ0) is 41.3.